The number of ketones is 1. The first-order valence-electron chi connectivity index (χ1n) is 5.13. The third-order valence-electron chi connectivity index (χ3n) is 2.20. The van der Waals surface area contributed by atoms with E-state index in [1.165, 1.54) is 0 Å². The molecule has 0 aliphatic carbocycles. The Morgan fingerprint density at radius 2 is 1.57 bits per heavy atom. The predicted octanol–water partition coefficient (Wildman–Crippen LogP) is 1.77. The Bertz CT molecular complexity index is 178. The lowest BCUT2D eigenvalue weighted by Crippen LogP contribution is -2.10. The maximum atomic E-state index is 11.2. The number of hydrogen-bond acceptors (Lipinski definition) is 4. The van der Waals surface area contributed by atoms with Crippen LogP contribution in [0.25, 0.3) is 0 Å². The largest absolute Gasteiger partial charge is 0.342 e. The second kappa shape index (κ2) is 6.54. The number of hydrogen-bond donors (Lipinski definition) is 0. The lowest BCUT2D eigenvalue weighted by Gasteiger charge is -2.06. The molecule has 1 fully saturated rings. The molecule has 1 rings (SSSR count). The van der Waals surface area contributed by atoms with Gasteiger partial charge >= 0.3 is 5.97 Å². The van der Waals surface area contributed by atoms with Crippen LogP contribution in [0.5, 0.6) is 0 Å². The number of Topliss-reactive ketones (excluding diaryl/α,β-unsaturated/α-hetero) is 1. The van der Waals surface area contributed by atoms with Crippen molar-refractivity contribution >= 4 is 11.8 Å². The Labute approximate surface area is 83.5 Å². The van der Waals surface area contributed by atoms with Gasteiger partial charge in [-0.3, -0.25) is 9.68 Å². The molecule has 80 valence electrons. The number of carbonyl (C=O) groups excluding carboxylic acids is 2. The molecule has 0 radical (unpaired) electrons. The van der Waals surface area contributed by atoms with E-state index in [9.17, 15) is 9.59 Å². The standard InChI is InChI=1S/C10H16O4/c11-9-5-3-1-2-4-6-10(12)14-13-8-7-9/h1-8H2. The zero-order valence-corrected chi connectivity index (χ0v) is 8.29. The first-order valence-corrected chi connectivity index (χ1v) is 5.13. The minimum absolute atomic E-state index is 0.182. The molecule has 1 saturated heterocycles. The lowest BCUT2D eigenvalue weighted by molar-refractivity contribution is -0.272. The third-order valence-corrected chi connectivity index (χ3v) is 2.20. The normalized spacial score (nSPS) is 22.0. The van der Waals surface area contributed by atoms with Gasteiger partial charge in [0.25, 0.3) is 0 Å². The van der Waals surface area contributed by atoms with Crippen molar-refractivity contribution in [1.82, 2.24) is 0 Å². The summed E-state index contributed by atoms with van der Waals surface area (Å²) in [6, 6.07) is 0. The van der Waals surface area contributed by atoms with Crippen molar-refractivity contribution < 1.29 is 19.4 Å². The van der Waals surface area contributed by atoms with Gasteiger partial charge in [-0.05, 0) is 12.8 Å². The zero-order chi connectivity index (χ0) is 10.2. The highest BCUT2D eigenvalue weighted by molar-refractivity contribution is 5.78. The van der Waals surface area contributed by atoms with Crippen molar-refractivity contribution in [2.45, 2.75) is 44.9 Å². The molecule has 0 saturated carbocycles. The minimum atomic E-state index is -0.335. The molecule has 0 N–H and O–H groups in total. The quantitative estimate of drug-likeness (QED) is 0.559. The van der Waals surface area contributed by atoms with Crippen LogP contribution in [0.1, 0.15) is 44.9 Å². The van der Waals surface area contributed by atoms with Crippen LogP contribution < -0.4 is 0 Å². The van der Waals surface area contributed by atoms with Crippen LogP contribution in [-0.4, -0.2) is 18.4 Å². The topological polar surface area (TPSA) is 52.6 Å². The smallest absolute Gasteiger partial charge is 0.300 e. The Kier molecular flexibility index (Phi) is 5.22. The second-order valence-electron chi connectivity index (χ2n) is 3.48. The molecule has 1 heterocycles. The molecule has 0 aromatic rings. The van der Waals surface area contributed by atoms with Crippen LogP contribution in [-0.2, 0) is 19.4 Å². The zero-order valence-electron chi connectivity index (χ0n) is 8.29. The maximum Gasteiger partial charge on any atom is 0.342 e. The summed E-state index contributed by atoms with van der Waals surface area (Å²) in [5, 5.41) is 0. The molecule has 1 aliphatic heterocycles. The summed E-state index contributed by atoms with van der Waals surface area (Å²) in [5.41, 5.74) is 0. The van der Waals surface area contributed by atoms with Gasteiger partial charge in [-0.2, -0.15) is 4.89 Å². The van der Waals surface area contributed by atoms with Crippen LogP contribution in [0.15, 0.2) is 0 Å². The van der Waals surface area contributed by atoms with Crippen molar-refractivity contribution in [3.05, 3.63) is 0 Å². The Morgan fingerprint density at radius 3 is 2.36 bits per heavy atom. The van der Waals surface area contributed by atoms with Crippen molar-refractivity contribution in [2.75, 3.05) is 6.61 Å². The van der Waals surface area contributed by atoms with Gasteiger partial charge < -0.3 is 0 Å². The highest BCUT2D eigenvalue weighted by Crippen LogP contribution is 2.09. The van der Waals surface area contributed by atoms with Crippen LogP contribution in [0.2, 0.25) is 0 Å². The van der Waals surface area contributed by atoms with Gasteiger partial charge in [0, 0.05) is 19.3 Å². The Morgan fingerprint density at radius 1 is 0.857 bits per heavy atom. The van der Waals surface area contributed by atoms with Crippen LogP contribution in [0, 0.1) is 0 Å². The summed E-state index contributed by atoms with van der Waals surface area (Å²) in [4.78, 5) is 31.2. The predicted molar refractivity (Wildman–Crippen MR) is 49.4 cm³/mol. The van der Waals surface area contributed by atoms with Crippen LogP contribution >= 0.6 is 0 Å². The molecular weight excluding hydrogens is 184 g/mol. The van der Waals surface area contributed by atoms with Gasteiger partial charge in [0.1, 0.15) is 12.4 Å². The number of rotatable bonds is 0. The van der Waals surface area contributed by atoms with Crippen LogP contribution in [0.3, 0.4) is 0 Å². The van der Waals surface area contributed by atoms with Gasteiger partial charge in [-0.25, -0.2) is 4.79 Å². The van der Waals surface area contributed by atoms with E-state index in [4.69, 9.17) is 0 Å². The SMILES string of the molecule is O=C1CCCCCCC(=O)OOCC1. The van der Waals surface area contributed by atoms with Crippen LogP contribution in [0.4, 0.5) is 0 Å². The van der Waals surface area contributed by atoms with E-state index in [1.54, 1.807) is 0 Å². The average molecular weight is 200 g/mol. The summed E-state index contributed by atoms with van der Waals surface area (Å²) in [7, 11) is 0. The molecule has 0 atom stereocenters. The maximum absolute atomic E-state index is 11.2. The third kappa shape index (κ3) is 4.97. The average Bonchev–Trinajstić information content (AvgIpc) is 2.16. The Hall–Kier alpha value is -0.900. The monoisotopic (exact) mass is 200 g/mol. The molecule has 0 bridgehead atoms. The molecule has 0 aromatic carbocycles. The van der Waals surface area contributed by atoms with E-state index in [0.717, 1.165) is 25.7 Å². The van der Waals surface area contributed by atoms with Crippen molar-refractivity contribution in [2.24, 2.45) is 0 Å². The van der Waals surface area contributed by atoms with Gasteiger partial charge in [-0.1, -0.05) is 12.8 Å². The fourth-order valence-electron chi connectivity index (χ4n) is 1.37. The first-order chi connectivity index (χ1) is 6.79. The summed E-state index contributed by atoms with van der Waals surface area (Å²) in [5.74, 6) is -0.153. The van der Waals surface area contributed by atoms with Crippen molar-refractivity contribution in [1.29, 1.82) is 0 Å². The molecule has 0 aromatic heterocycles. The fourth-order valence-corrected chi connectivity index (χ4v) is 1.37. The molecule has 0 spiro atoms. The summed E-state index contributed by atoms with van der Waals surface area (Å²) in [6.07, 6.45) is 5.10. The summed E-state index contributed by atoms with van der Waals surface area (Å²) in [6.45, 7) is 0.185. The van der Waals surface area contributed by atoms with Gasteiger partial charge in [0.15, 0.2) is 0 Å². The highest BCUT2D eigenvalue weighted by Gasteiger charge is 2.08. The fraction of sp³-hybridized carbons (Fsp3) is 0.800. The molecule has 4 nitrogen and oxygen atoms in total. The second-order valence-corrected chi connectivity index (χ2v) is 3.48. The molecular formula is C10H16O4. The van der Waals surface area contributed by atoms with E-state index in [0.29, 0.717) is 19.3 Å². The van der Waals surface area contributed by atoms with Crippen molar-refractivity contribution in [3.63, 3.8) is 0 Å². The van der Waals surface area contributed by atoms with Crippen molar-refractivity contribution in [3.8, 4) is 0 Å². The molecule has 0 unspecified atom stereocenters. The lowest BCUT2D eigenvalue weighted by atomic mass is 10.1. The van der Waals surface area contributed by atoms with E-state index >= 15 is 0 Å². The number of carbonyl (C=O) groups is 2. The first kappa shape index (κ1) is 11.2. The Balaban J connectivity index is 2.27. The summed E-state index contributed by atoms with van der Waals surface area (Å²) < 4.78 is 0. The molecule has 1 aliphatic rings. The van der Waals surface area contributed by atoms with Gasteiger partial charge in [0.2, 0.25) is 0 Å². The van der Waals surface area contributed by atoms with E-state index < -0.39 is 0 Å². The molecule has 4 heteroatoms. The summed E-state index contributed by atoms with van der Waals surface area (Å²) >= 11 is 0. The minimum Gasteiger partial charge on any atom is -0.300 e. The van der Waals surface area contributed by atoms with Gasteiger partial charge in [0.05, 0.1) is 0 Å². The highest BCUT2D eigenvalue weighted by atomic mass is 17.2. The molecule has 0 amide bonds. The van der Waals surface area contributed by atoms with E-state index in [2.05, 4.69) is 9.78 Å². The van der Waals surface area contributed by atoms with Gasteiger partial charge in [-0.15, -0.1) is 0 Å². The van der Waals surface area contributed by atoms with E-state index in [1.807, 2.05) is 0 Å². The molecule has 14 heavy (non-hydrogen) atoms. The van der Waals surface area contributed by atoms with E-state index in [-0.39, 0.29) is 18.4 Å².